The second-order valence-corrected chi connectivity index (χ2v) is 6.04. The topological polar surface area (TPSA) is 83.5 Å². The van der Waals surface area contributed by atoms with E-state index >= 15 is 0 Å². The molecule has 1 aliphatic rings. The minimum atomic E-state index is -0.950. The van der Waals surface area contributed by atoms with Gasteiger partial charge in [0.15, 0.2) is 6.10 Å². The van der Waals surface area contributed by atoms with Gasteiger partial charge in [0.1, 0.15) is 16.9 Å². The number of amides is 1. The first kappa shape index (κ1) is 17.1. The van der Waals surface area contributed by atoms with E-state index in [0.717, 1.165) is 19.3 Å². The van der Waals surface area contributed by atoms with Crippen LogP contribution in [0.25, 0.3) is 0 Å². The van der Waals surface area contributed by atoms with E-state index in [1.54, 1.807) is 14.0 Å². The maximum Gasteiger partial charge on any atom is 0.342 e. The molecule has 0 bridgehead atoms. The van der Waals surface area contributed by atoms with Crippen molar-refractivity contribution >= 4 is 11.9 Å². The summed E-state index contributed by atoms with van der Waals surface area (Å²) in [4.78, 5) is 26.1. The average Bonchev–Trinajstić information content (AvgIpc) is 3.00. The molecule has 2 rings (SSSR count). The number of nitrogens with zero attached hydrogens (tertiary/aromatic N) is 2. The van der Waals surface area contributed by atoms with Gasteiger partial charge < -0.3 is 14.1 Å². The molecule has 1 saturated carbocycles. The van der Waals surface area contributed by atoms with Gasteiger partial charge in [0, 0.05) is 7.05 Å². The summed E-state index contributed by atoms with van der Waals surface area (Å²) >= 11 is 0. The molecule has 1 heterocycles. The fourth-order valence-corrected chi connectivity index (χ4v) is 3.01. The highest BCUT2D eigenvalue weighted by Crippen LogP contribution is 2.33. The maximum atomic E-state index is 12.6. The monoisotopic (exact) mass is 318 g/mol. The van der Waals surface area contributed by atoms with Gasteiger partial charge in [-0.1, -0.05) is 19.3 Å². The maximum absolute atomic E-state index is 12.6. The van der Waals surface area contributed by atoms with E-state index in [-0.39, 0.29) is 5.91 Å². The van der Waals surface area contributed by atoms with E-state index in [1.165, 1.54) is 24.2 Å². The molecule has 1 atom stereocenters. The van der Waals surface area contributed by atoms with Crippen molar-refractivity contribution in [3.8, 4) is 6.07 Å². The summed E-state index contributed by atoms with van der Waals surface area (Å²) in [6, 6.07) is 3.80. The number of hydrogen-bond donors (Lipinski definition) is 0. The first-order valence-electron chi connectivity index (χ1n) is 7.85. The van der Waals surface area contributed by atoms with Gasteiger partial charge in [0.05, 0.1) is 12.3 Å². The predicted molar refractivity (Wildman–Crippen MR) is 82.5 cm³/mol. The van der Waals surface area contributed by atoms with E-state index in [4.69, 9.17) is 9.15 Å². The highest BCUT2D eigenvalue weighted by atomic mass is 16.5. The third-order valence-electron chi connectivity index (χ3n) is 4.57. The van der Waals surface area contributed by atoms with Crippen LogP contribution in [0.3, 0.4) is 0 Å². The summed E-state index contributed by atoms with van der Waals surface area (Å²) in [7, 11) is 1.62. The molecule has 1 amide bonds. The minimum absolute atomic E-state index is 0.306. The van der Waals surface area contributed by atoms with Crippen LogP contribution in [0.4, 0.5) is 0 Å². The molecule has 0 N–H and O–H groups in total. The van der Waals surface area contributed by atoms with E-state index < -0.39 is 17.6 Å². The number of hydrogen-bond acceptors (Lipinski definition) is 5. The number of likely N-dealkylation sites (N-methyl/N-ethyl adjacent to an activating group) is 1. The Hall–Kier alpha value is -2.29. The second kappa shape index (κ2) is 6.86. The van der Waals surface area contributed by atoms with E-state index in [2.05, 4.69) is 6.07 Å². The standard InChI is InChI=1S/C17H22N2O4/c1-12-14(7-10-22-12)16(21)23-13(2)15(20)19(3)17(11-18)8-5-4-6-9-17/h7,10,13H,4-6,8-9H2,1-3H3/t13-/m0/s1. The average molecular weight is 318 g/mol. The summed E-state index contributed by atoms with van der Waals surface area (Å²) in [5.41, 5.74) is -0.485. The molecule has 0 radical (unpaired) electrons. The number of aryl methyl sites for hydroxylation is 1. The first-order chi connectivity index (χ1) is 10.9. The van der Waals surface area contributed by atoms with Crippen molar-refractivity contribution in [2.75, 3.05) is 7.05 Å². The minimum Gasteiger partial charge on any atom is -0.469 e. The molecule has 6 heteroatoms. The van der Waals surface area contributed by atoms with Gasteiger partial charge >= 0.3 is 5.97 Å². The Bertz CT molecular complexity index is 623. The van der Waals surface area contributed by atoms with Crippen molar-refractivity contribution in [1.29, 1.82) is 5.26 Å². The summed E-state index contributed by atoms with van der Waals surface area (Å²) in [5.74, 6) is -0.508. The van der Waals surface area contributed by atoms with Crippen molar-refractivity contribution < 1.29 is 18.7 Å². The van der Waals surface area contributed by atoms with Crippen LogP contribution in [0.5, 0.6) is 0 Å². The molecule has 0 aliphatic heterocycles. The first-order valence-corrected chi connectivity index (χ1v) is 7.85. The van der Waals surface area contributed by atoms with Crippen LogP contribution >= 0.6 is 0 Å². The number of ether oxygens (including phenoxy) is 1. The quantitative estimate of drug-likeness (QED) is 0.797. The number of rotatable bonds is 4. The lowest BCUT2D eigenvalue weighted by atomic mass is 9.81. The van der Waals surface area contributed by atoms with Crippen molar-refractivity contribution in [3.63, 3.8) is 0 Å². The molecule has 0 aromatic carbocycles. The Morgan fingerprint density at radius 2 is 2.04 bits per heavy atom. The van der Waals surface area contributed by atoms with Gasteiger partial charge in [-0.05, 0) is 32.8 Å². The molecule has 124 valence electrons. The summed E-state index contributed by atoms with van der Waals surface area (Å²) in [5, 5.41) is 9.55. The number of furan rings is 1. The smallest absolute Gasteiger partial charge is 0.342 e. The van der Waals surface area contributed by atoms with Crippen LogP contribution in [0.1, 0.15) is 55.1 Å². The van der Waals surface area contributed by atoms with Crippen LogP contribution in [0.2, 0.25) is 0 Å². The zero-order valence-corrected chi connectivity index (χ0v) is 13.8. The summed E-state index contributed by atoms with van der Waals surface area (Å²) < 4.78 is 10.3. The Balaban J connectivity index is 2.05. The molecule has 1 aliphatic carbocycles. The zero-order chi connectivity index (χ0) is 17.0. The molecule has 0 saturated heterocycles. The Morgan fingerprint density at radius 1 is 1.39 bits per heavy atom. The number of nitriles is 1. The molecule has 1 aromatic heterocycles. The van der Waals surface area contributed by atoms with Crippen molar-refractivity contribution in [3.05, 3.63) is 23.7 Å². The molecule has 1 fully saturated rings. The van der Waals surface area contributed by atoms with Crippen LogP contribution in [-0.4, -0.2) is 35.5 Å². The Labute approximate surface area is 136 Å². The molecule has 0 unspecified atom stereocenters. The fourth-order valence-electron chi connectivity index (χ4n) is 3.01. The fraction of sp³-hybridized carbons (Fsp3) is 0.588. The van der Waals surface area contributed by atoms with E-state index in [9.17, 15) is 14.9 Å². The van der Waals surface area contributed by atoms with Gasteiger partial charge in [-0.2, -0.15) is 5.26 Å². The zero-order valence-electron chi connectivity index (χ0n) is 13.8. The molecular formula is C17H22N2O4. The third-order valence-corrected chi connectivity index (χ3v) is 4.57. The number of esters is 1. The Kier molecular flexibility index (Phi) is 5.09. The SMILES string of the molecule is Cc1occc1C(=O)O[C@@H](C)C(=O)N(C)C1(C#N)CCCCC1. The second-order valence-electron chi connectivity index (χ2n) is 6.04. The summed E-state index contributed by atoms with van der Waals surface area (Å²) in [6.07, 6.45) is 4.70. The normalized spacial score (nSPS) is 17.8. The van der Waals surface area contributed by atoms with Gasteiger partial charge in [0.25, 0.3) is 5.91 Å². The number of carbonyl (C=O) groups excluding carboxylic acids is 2. The highest BCUT2D eigenvalue weighted by molar-refractivity contribution is 5.93. The Morgan fingerprint density at radius 3 is 2.57 bits per heavy atom. The number of carbonyl (C=O) groups is 2. The van der Waals surface area contributed by atoms with Gasteiger partial charge in [-0.15, -0.1) is 0 Å². The molecule has 0 spiro atoms. The lowest BCUT2D eigenvalue weighted by Crippen LogP contribution is -2.53. The van der Waals surface area contributed by atoms with Gasteiger partial charge in [-0.25, -0.2) is 4.79 Å². The van der Waals surface area contributed by atoms with Crippen LogP contribution in [-0.2, 0) is 9.53 Å². The molecule has 1 aromatic rings. The van der Waals surface area contributed by atoms with E-state index in [0.29, 0.717) is 24.2 Å². The largest absolute Gasteiger partial charge is 0.469 e. The van der Waals surface area contributed by atoms with Crippen molar-refractivity contribution in [2.24, 2.45) is 0 Å². The lowest BCUT2D eigenvalue weighted by molar-refractivity contribution is -0.143. The lowest BCUT2D eigenvalue weighted by Gasteiger charge is -2.39. The third kappa shape index (κ3) is 3.39. The summed E-state index contributed by atoms with van der Waals surface area (Å²) in [6.45, 7) is 3.18. The molecule has 23 heavy (non-hydrogen) atoms. The van der Waals surface area contributed by atoms with Gasteiger partial charge in [-0.3, -0.25) is 4.79 Å². The molecule has 6 nitrogen and oxygen atoms in total. The van der Waals surface area contributed by atoms with E-state index in [1.807, 2.05) is 0 Å². The molecular weight excluding hydrogens is 296 g/mol. The van der Waals surface area contributed by atoms with Crippen LogP contribution in [0, 0.1) is 18.3 Å². The van der Waals surface area contributed by atoms with Gasteiger partial charge in [0.2, 0.25) is 0 Å². The highest BCUT2D eigenvalue weighted by Gasteiger charge is 2.40. The van der Waals surface area contributed by atoms with Crippen molar-refractivity contribution in [2.45, 2.75) is 57.6 Å². The predicted octanol–water partition coefficient (Wildman–Crippen LogP) is 2.82. The van der Waals surface area contributed by atoms with Crippen LogP contribution < -0.4 is 0 Å². The van der Waals surface area contributed by atoms with Crippen LogP contribution in [0.15, 0.2) is 16.7 Å². The van der Waals surface area contributed by atoms with Crippen molar-refractivity contribution in [1.82, 2.24) is 4.90 Å².